The summed E-state index contributed by atoms with van der Waals surface area (Å²) in [5.74, 6) is 1.09. The molecule has 2 aliphatic rings. The summed E-state index contributed by atoms with van der Waals surface area (Å²) >= 11 is 0. The number of nitrogens with zero attached hydrogens (tertiary/aromatic N) is 3. The quantitative estimate of drug-likeness (QED) is 0.309. The summed E-state index contributed by atoms with van der Waals surface area (Å²) in [6.07, 6.45) is 10.0. The van der Waals surface area contributed by atoms with Gasteiger partial charge in [-0.3, -0.25) is 4.79 Å². The van der Waals surface area contributed by atoms with Crippen LogP contribution < -0.4 is 16.4 Å². The van der Waals surface area contributed by atoms with Crippen molar-refractivity contribution in [3.05, 3.63) is 77.2 Å². The number of hydrogen-bond acceptors (Lipinski definition) is 6. The van der Waals surface area contributed by atoms with Crippen LogP contribution in [0.4, 0.5) is 0 Å². The number of benzene rings is 1. The van der Waals surface area contributed by atoms with Gasteiger partial charge in [0.15, 0.2) is 5.82 Å². The number of carbonyl (C=O) groups is 1. The Labute approximate surface area is 234 Å². The van der Waals surface area contributed by atoms with Gasteiger partial charge < -0.3 is 16.4 Å². The van der Waals surface area contributed by atoms with E-state index >= 15 is 0 Å². The molecule has 2 aliphatic carbocycles. The zero-order valence-corrected chi connectivity index (χ0v) is 24.1. The number of aromatic nitrogens is 4. The third kappa shape index (κ3) is 6.73. The number of amides is 1. The number of aromatic amines is 1. The van der Waals surface area contributed by atoms with Crippen LogP contribution in [0.5, 0.6) is 0 Å². The van der Waals surface area contributed by atoms with Crippen LogP contribution in [-0.4, -0.2) is 53.2 Å². The number of aryl methyl sites for hydroxylation is 1. The van der Waals surface area contributed by atoms with Gasteiger partial charge in [-0.05, 0) is 101 Å². The average molecular weight is 534 g/mol. The number of rotatable bonds is 11. The fourth-order valence-corrected chi connectivity index (χ4v) is 6.49. The number of tetrazole rings is 1. The molecule has 1 aromatic carbocycles. The van der Waals surface area contributed by atoms with Crippen molar-refractivity contribution < 1.29 is 4.79 Å². The third-order valence-electron chi connectivity index (χ3n) is 8.59. The monoisotopic (exact) mass is 533 g/mol. The molecule has 5 N–H and O–H groups in total. The summed E-state index contributed by atoms with van der Waals surface area (Å²) in [4.78, 5) is 12.5. The molecule has 4 rings (SSSR count). The van der Waals surface area contributed by atoms with E-state index in [2.05, 4.69) is 64.0 Å². The van der Waals surface area contributed by atoms with Gasteiger partial charge in [-0.25, -0.2) is 0 Å². The highest BCUT2D eigenvalue weighted by Gasteiger charge is 2.47. The molecule has 1 amide bonds. The van der Waals surface area contributed by atoms with E-state index < -0.39 is 5.41 Å². The number of nitrogens with one attached hydrogen (secondary N) is 3. The number of carbonyl (C=O) groups excluding carboxylic acids is 1. The van der Waals surface area contributed by atoms with Crippen molar-refractivity contribution in [3.63, 3.8) is 0 Å². The molecule has 8 heteroatoms. The first kappa shape index (κ1) is 30.4. The van der Waals surface area contributed by atoms with Crippen LogP contribution in [0.1, 0.15) is 92.0 Å². The van der Waals surface area contributed by atoms with Crippen molar-refractivity contribution in [2.24, 2.45) is 11.7 Å². The molecule has 0 spiro atoms. The van der Waals surface area contributed by atoms with Crippen LogP contribution in [-0.2, 0) is 11.8 Å². The lowest BCUT2D eigenvalue weighted by atomic mass is 9.65. The molecular weight excluding hydrogens is 486 g/mol. The topological polar surface area (TPSA) is 122 Å². The minimum atomic E-state index is -0.602. The summed E-state index contributed by atoms with van der Waals surface area (Å²) in [7, 11) is 3.64. The van der Waals surface area contributed by atoms with Crippen molar-refractivity contribution in [3.8, 4) is 0 Å². The van der Waals surface area contributed by atoms with Crippen molar-refractivity contribution in [2.45, 2.75) is 82.6 Å². The molecule has 2 aromatic rings. The van der Waals surface area contributed by atoms with Crippen LogP contribution in [0, 0.1) is 5.92 Å². The molecule has 1 aromatic heterocycles. The number of fused-ring (bicyclic) bond motifs is 1. The van der Waals surface area contributed by atoms with Crippen LogP contribution in [0.25, 0.3) is 0 Å². The Balaban J connectivity index is 0.00000205. The summed E-state index contributed by atoms with van der Waals surface area (Å²) in [6, 6.07) is 6.11. The maximum absolute atomic E-state index is 12.5. The molecule has 1 heterocycles. The standard InChI is InChI=1S/C29H43N7O.C2H4/c1-19(15-16-31-3)9-13-24-20(2)10-11-22-17-23(27(37)32-4)12-14-25(22)29(24,28-33-35-36-34-28)18-26(30)21-7-5-6-8-21;1-2/h12,14,17,21,26,31H,1,5-11,13,15-16,18,30H2,2-4H3,(H,32,37)(H,33,34,35,36);1-2H2. The van der Waals surface area contributed by atoms with Crippen LogP contribution >= 0.6 is 0 Å². The Morgan fingerprint density at radius 3 is 2.59 bits per heavy atom. The van der Waals surface area contributed by atoms with Crippen molar-refractivity contribution >= 4 is 5.91 Å². The second kappa shape index (κ2) is 14.3. The lowest BCUT2D eigenvalue weighted by Gasteiger charge is -2.39. The van der Waals surface area contributed by atoms with E-state index in [-0.39, 0.29) is 11.9 Å². The van der Waals surface area contributed by atoms with Gasteiger partial charge in [-0.2, -0.15) is 5.21 Å². The van der Waals surface area contributed by atoms with Crippen molar-refractivity contribution in [2.75, 3.05) is 20.6 Å². The maximum atomic E-state index is 12.5. The maximum Gasteiger partial charge on any atom is 0.251 e. The summed E-state index contributed by atoms with van der Waals surface area (Å²) in [6.45, 7) is 13.5. The van der Waals surface area contributed by atoms with E-state index in [9.17, 15) is 4.79 Å². The van der Waals surface area contributed by atoms with Crippen LogP contribution in [0.3, 0.4) is 0 Å². The molecule has 0 bridgehead atoms. The van der Waals surface area contributed by atoms with E-state index in [4.69, 9.17) is 5.73 Å². The van der Waals surface area contributed by atoms with E-state index in [1.165, 1.54) is 42.4 Å². The van der Waals surface area contributed by atoms with E-state index in [0.29, 0.717) is 17.3 Å². The number of hydrogen-bond donors (Lipinski definition) is 4. The summed E-state index contributed by atoms with van der Waals surface area (Å²) < 4.78 is 0. The van der Waals surface area contributed by atoms with Gasteiger partial charge in [0.1, 0.15) is 0 Å². The average Bonchev–Trinajstić information content (AvgIpc) is 3.69. The van der Waals surface area contributed by atoms with Gasteiger partial charge in [0, 0.05) is 18.7 Å². The first-order valence-corrected chi connectivity index (χ1v) is 14.3. The molecule has 212 valence electrons. The number of nitrogens with two attached hydrogens (primary N) is 1. The molecule has 1 saturated carbocycles. The Bertz CT molecular complexity index is 1130. The molecule has 1 fully saturated rings. The smallest absolute Gasteiger partial charge is 0.251 e. The predicted octanol–water partition coefficient (Wildman–Crippen LogP) is 4.76. The fourth-order valence-electron chi connectivity index (χ4n) is 6.49. The Morgan fingerprint density at radius 2 is 1.95 bits per heavy atom. The lowest BCUT2D eigenvalue weighted by Crippen LogP contribution is -2.42. The minimum absolute atomic E-state index is 0.0147. The van der Waals surface area contributed by atoms with Gasteiger partial charge in [-0.1, -0.05) is 47.4 Å². The van der Waals surface area contributed by atoms with Crippen LogP contribution in [0.2, 0.25) is 0 Å². The second-order valence-corrected chi connectivity index (χ2v) is 10.9. The summed E-state index contributed by atoms with van der Waals surface area (Å²) in [5.41, 5.74) is 13.3. The van der Waals surface area contributed by atoms with Gasteiger partial charge >= 0.3 is 0 Å². The Kier molecular flexibility index (Phi) is 11.2. The van der Waals surface area contributed by atoms with Gasteiger partial charge in [-0.15, -0.1) is 23.4 Å². The summed E-state index contributed by atoms with van der Waals surface area (Å²) in [5, 5.41) is 22.0. The van der Waals surface area contributed by atoms with E-state index in [1.54, 1.807) is 7.05 Å². The lowest BCUT2D eigenvalue weighted by molar-refractivity contribution is 0.0963. The van der Waals surface area contributed by atoms with Crippen molar-refractivity contribution in [1.82, 2.24) is 31.3 Å². The van der Waals surface area contributed by atoms with E-state index in [1.807, 2.05) is 19.2 Å². The predicted molar refractivity (Wildman–Crippen MR) is 159 cm³/mol. The number of allylic oxidation sites excluding steroid dienone is 2. The van der Waals surface area contributed by atoms with E-state index in [0.717, 1.165) is 56.2 Å². The second-order valence-electron chi connectivity index (χ2n) is 10.9. The fraction of sp³-hybridized carbons (Fsp3) is 0.548. The molecule has 2 unspecified atom stereocenters. The minimum Gasteiger partial charge on any atom is -0.355 e. The molecule has 39 heavy (non-hydrogen) atoms. The number of H-pyrrole nitrogens is 1. The zero-order chi connectivity index (χ0) is 28.4. The molecule has 0 radical (unpaired) electrons. The molecule has 2 atom stereocenters. The van der Waals surface area contributed by atoms with Gasteiger partial charge in [0.25, 0.3) is 5.91 Å². The normalized spacial score (nSPS) is 20.0. The zero-order valence-electron chi connectivity index (χ0n) is 24.1. The Hall–Kier alpha value is -3.10. The van der Waals surface area contributed by atoms with Gasteiger partial charge in [0.2, 0.25) is 0 Å². The highest BCUT2D eigenvalue weighted by Crippen LogP contribution is 2.50. The first-order chi connectivity index (χ1) is 18.9. The van der Waals surface area contributed by atoms with Crippen molar-refractivity contribution in [1.29, 1.82) is 0 Å². The highest BCUT2D eigenvalue weighted by atomic mass is 16.1. The Morgan fingerprint density at radius 1 is 1.21 bits per heavy atom. The molecular formula is C31H47N7O. The third-order valence-corrected chi connectivity index (χ3v) is 8.59. The largest absolute Gasteiger partial charge is 0.355 e. The first-order valence-electron chi connectivity index (χ1n) is 14.3. The molecule has 0 aliphatic heterocycles. The SMILES string of the molecule is C=C.C=C(CCNC)CCC1=C(C)CCc2cc(C(=O)NC)ccc2C1(CC(N)C1CCCC1)c1nn[nH]n1. The molecule has 8 nitrogen and oxygen atoms in total. The molecule has 0 saturated heterocycles. The van der Waals surface area contributed by atoms with Gasteiger partial charge in [0.05, 0.1) is 5.41 Å². The highest BCUT2D eigenvalue weighted by molar-refractivity contribution is 5.94. The van der Waals surface area contributed by atoms with Crippen LogP contribution in [0.15, 0.2) is 54.7 Å².